The average Bonchev–Trinajstić information content (AvgIpc) is 3.03. The van der Waals surface area contributed by atoms with E-state index in [9.17, 15) is 9.59 Å². The van der Waals surface area contributed by atoms with Gasteiger partial charge in [0.25, 0.3) is 0 Å². The number of Topliss-reactive ketones (excluding diaryl/α,β-unsaturated/α-hetero) is 1. The second kappa shape index (κ2) is 7.08. The zero-order valence-corrected chi connectivity index (χ0v) is 12.0. The van der Waals surface area contributed by atoms with E-state index >= 15 is 0 Å². The van der Waals surface area contributed by atoms with Crippen molar-refractivity contribution in [3.05, 3.63) is 83.7 Å². The Hall–Kier alpha value is -3.08. The third-order valence-corrected chi connectivity index (χ3v) is 2.91. The molecule has 0 saturated carbocycles. The van der Waals surface area contributed by atoms with E-state index < -0.39 is 11.6 Å². The fraction of sp³-hybridized carbons (Fsp3) is 0.0588. The smallest absolute Gasteiger partial charge is 0.217 e. The SMILES string of the molecule is C=C/C=C\C=C(/C)C(=O)c1nonc1C(=O)c1ccccc1. The summed E-state index contributed by atoms with van der Waals surface area (Å²) in [4.78, 5) is 24.7. The summed E-state index contributed by atoms with van der Waals surface area (Å²) in [5.74, 6) is -0.811. The highest BCUT2D eigenvalue weighted by atomic mass is 16.6. The van der Waals surface area contributed by atoms with Crippen LogP contribution in [-0.2, 0) is 0 Å². The fourth-order valence-corrected chi connectivity index (χ4v) is 1.75. The van der Waals surface area contributed by atoms with Crippen molar-refractivity contribution in [1.29, 1.82) is 0 Å². The Bertz CT molecular complexity index is 755. The Balaban J connectivity index is 2.32. The minimum atomic E-state index is -0.408. The van der Waals surface area contributed by atoms with Gasteiger partial charge in [0, 0.05) is 5.56 Å². The zero-order valence-electron chi connectivity index (χ0n) is 12.0. The standard InChI is InChI=1S/C17H14N2O3/c1-3-4-6-9-12(2)16(20)14-15(19-22-18-14)17(21)13-10-7-5-8-11-13/h3-11H,1H2,2H3/b6-4-,12-9+. The number of benzene rings is 1. The van der Waals surface area contributed by atoms with E-state index in [1.807, 2.05) is 0 Å². The minimum absolute atomic E-state index is 0.0864. The first-order chi connectivity index (χ1) is 10.6. The van der Waals surface area contributed by atoms with Crippen LogP contribution in [0.3, 0.4) is 0 Å². The van der Waals surface area contributed by atoms with E-state index in [0.717, 1.165) is 0 Å². The summed E-state index contributed by atoms with van der Waals surface area (Å²) < 4.78 is 4.58. The molecule has 0 fully saturated rings. The van der Waals surface area contributed by atoms with Crippen LogP contribution in [0.5, 0.6) is 0 Å². The van der Waals surface area contributed by atoms with Crippen molar-refractivity contribution in [3.63, 3.8) is 0 Å². The van der Waals surface area contributed by atoms with Gasteiger partial charge >= 0.3 is 0 Å². The molecule has 5 heteroatoms. The Morgan fingerprint density at radius 3 is 2.45 bits per heavy atom. The van der Waals surface area contributed by atoms with Crippen LogP contribution < -0.4 is 0 Å². The first kappa shape index (κ1) is 15.3. The maximum atomic E-state index is 12.4. The number of hydrogen-bond donors (Lipinski definition) is 0. The second-order valence-electron chi connectivity index (χ2n) is 4.46. The molecule has 0 aliphatic heterocycles. The summed E-state index contributed by atoms with van der Waals surface area (Å²) in [6.45, 7) is 5.17. The second-order valence-corrected chi connectivity index (χ2v) is 4.46. The highest BCUT2D eigenvalue weighted by molar-refractivity contribution is 6.17. The molecule has 0 aliphatic carbocycles. The predicted octanol–water partition coefficient (Wildman–Crippen LogP) is 3.17. The zero-order chi connectivity index (χ0) is 15.9. The Kier molecular flexibility index (Phi) is 4.93. The van der Waals surface area contributed by atoms with Gasteiger partial charge in [0.1, 0.15) is 0 Å². The normalized spacial score (nSPS) is 11.6. The van der Waals surface area contributed by atoms with Crippen molar-refractivity contribution >= 4 is 11.6 Å². The molecule has 0 atom stereocenters. The van der Waals surface area contributed by atoms with E-state index in [1.165, 1.54) is 0 Å². The highest BCUT2D eigenvalue weighted by Crippen LogP contribution is 2.14. The molecule has 1 heterocycles. The van der Waals surface area contributed by atoms with Crippen molar-refractivity contribution in [2.24, 2.45) is 0 Å². The quantitative estimate of drug-likeness (QED) is 0.465. The molecule has 5 nitrogen and oxygen atoms in total. The first-order valence-electron chi connectivity index (χ1n) is 6.58. The van der Waals surface area contributed by atoms with Crippen molar-refractivity contribution < 1.29 is 14.2 Å². The molecule has 0 spiro atoms. The predicted molar refractivity (Wildman–Crippen MR) is 81.6 cm³/mol. The Morgan fingerprint density at radius 1 is 1.09 bits per heavy atom. The molecule has 2 rings (SSSR count). The van der Waals surface area contributed by atoms with Gasteiger partial charge in [-0.05, 0) is 22.8 Å². The number of rotatable bonds is 6. The van der Waals surface area contributed by atoms with E-state index in [1.54, 1.807) is 61.6 Å². The van der Waals surface area contributed by atoms with Crippen LogP contribution in [0.2, 0.25) is 0 Å². The van der Waals surface area contributed by atoms with Crippen LogP contribution in [0.15, 0.2) is 71.4 Å². The summed E-state index contributed by atoms with van der Waals surface area (Å²) in [5, 5.41) is 7.14. The molecular formula is C17H14N2O3. The molecule has 0 amide bonds. The van der Waals surface area contributed by atoms with E-state index in [4.69, 9.17) is 0 Å². The Labute approximate surface area is 127 Å². The minimum Gasteiger partial charge on any atom is -0.287 e. The molecule has 1 aromatic carbocycles. The summed E-state index contributed by atoms with van der Waals surface area (Å²) in [6.07, 6.45) is 6.56. The van der Waals surface area contributed by atoms with Gasteiger partial charge in [-0.2, -0.15) is 0 Å². The van der Waals surface area contributed by atoms with Crippen LogP contribution in [0, 0.1) is 0 Å². The largest absolute Gasteiger partial charge is 0.287 e. The van der Waals surface area contributed by atoms with Gasteiger partial charge in [0.2, 0.25) is 11.6 Å². The lowest BCUT2D eigenvalue weighted by Crippen LogP contribution is -2.11. The molecule has 0 unspecified atom stereocenters. The van der Waals surface area contributed by atoms with Crippen LogP contribution in [-0.4, -0.2) is 21.9 Å². The number of hydrogen-bond acceptors (Lipinski definition) is 5. The molecular weight excluding hydrogens is 280 g/mol. The summed E-state index contributed by atoms with van der Waals surface area (Å²) in [7, 11) is 0. The first-order valence-corrected chi connectivity index (χ1v) is 6.58. The third kappa shape index (κ3) is 3.32. The lowest BCUT2D eigenvalue weighted by Gasteiger charge is -1.99. The molecule has 22 heavy (non-hydrogen) atoms. The summed E-state index contributed by atoms with van der Waals surface area (Å²) in [5.41, 5.74) is 0.655. The average molecular weight is 294 g/mol. The number of aromatic nitrogens is 2. The third-order valence-electron chi connectivity index (χ3n) is 2.91. The maximum Gasteiger partial charge on any atom is 0.217 e. The van der Waals surface area contributed by atoms with E-state index in [0.29, 0.717) is 11.1 Å². The van der Waals surface area contributed by atoms with Gasteiger partial charge in [-0.3, -0.25) is 9.59 Å². The number of carbonyl (C=O) groups excluding carboxylic acids is 2. The van der Waals surface area contributed by atoms with Gasteiger partial charge in [-0.1, -0.05) is 61.2 Å². The monoisotopic (exact) mass is 294 g/mol. The molecule has 110 valence electrons. The van der Waals surface area contributed by atoms with Crippen LogP contribution >= 0.6 is 0 Å². The van der Waals surface area contributed by atoms with Crippen LogP contribution in [0.4, 0.5) is 0 Å². The van der Waals surface area contributed by atoms with Crippen LogP contribution in [0.25, 0.3) is 0 Å². The molecule has 2 aromatic rings. The summed E-state index contributed by atoms with van der Waals surface area (Å²) >= 11 is 0. The van der Waals surface area contributed by atoms with Crippen molar-refractivity contribution in [1.82, 2.24) is 10.3 Å². The maximum absolute atomic E-state index is 12.4. The van der Waals surface area contributed by atoms with E-state index in [-0.39, 0.29) is 11.4 Å². The fourth-order valence-electron chi connectivity index (χ4n) is 1.75. The number of allylic oxidation sites excluding steroid dienone is 5. The molecule has 0 radical (unpaired) electrons. The molecule has 0 bridgehead atoms. The number of ketones is 2. The van der Waals surface area contributed by atoms with Crippen LogP contribution in [0.1, 0.15) is 33.5 Å². The topological polar surface area (TPSA) is 73.1 Å². The lowest BCUT2D eigenvalue weighted by atomic mass is 10.0. The number of carbonyl (C=O) groups is 2. The van der Waals surface area contributed by atoms with E-state index in [2.05, 4.69) is 21.5 Å². The highest BCUT2D eigenvalue weighted by Gasteiger charge is 2.25. The molecule has 1 aromatic heterocycles. The van der Waals surface area contributed by atoms with Crippen molar-refractivity contribution in [2.75, 3.05) is 0 Å². The lowest BCUT2D eigenvalue weighted by molar-refractivity contribution is 0.0996. The molecule has 0 saturated heterocycles. The van der Waals surface area contributed by atoms with Crippen molar-refractivity contribution in [2.45, 2.75) is 6.92 Å². The number of nitrogens with zero attached hydrogens (tertiary/aromatic N) is 2. The van der Waals surface area contributed by atoms with Gasteiger partial charge in [0.05, 0.1) is 0 Å². The molecule has 0 aliphatic rings. The summed E-state index contributed by atoms with van der Waals surface area (Å²) in [6, 6.07) is 8.53. The Morgan fingerprint density at radius 2 is 1.77 bits per heavy atom. The van der Waals surface area contributed by atoms with Crippen molar-refractivity contribution in [3.8, 4) is 0 Å². The molecule has 0 N–H and O–H groups in total. The van der Waals surface area contributed by atoms with Gasteiger partial charge < -0.3 is 0 Å². The van der Waals surface area contributed by atoms with Gasteiger partial charge in [-0.15, -0.1) is 0 Å². The van der Waals surface area contributed by atoms with Gasteiger partial charge in [-0.25, -0.2) is 4.63 Å². The van der Waals surface area contributed by atoms with Gasteiger partial charge in [0.15, 0.2) is 11.4 Å².